The second-order valence-electron chi connectivity index (χ2n) is 10.5. The first kappa shape index (κ1) is 32.7. The smallest absolute Gasteiger partial charge is 0.434 e. The van der Waals surface area contributed by atoms with Gasteiger partial charge in [-0.2, -0.15) is 13.2 Å². The van der Waals surface area contributed by atoms with Gasteiger partial charge in [-0.25, -0.2) is 9.79 Å². The predicted octanol–water partition coefficient (Wildman–Crippen LogP) is 6.63. The van der Waals surface area contributed by atoms with Crippen molar-refractivity contribution in [2.75, 3.05) is 6.61 Å². The molecule has 0 spiro atoms. The Morgan fingerprint density at radius 2 is 1.77 bits per heavy atom. The van der Waals surface area contributed by atoms with E-state index in [4.69, 9.17) is 21.1 Å². The number of benzene rings is 4. The molecule has 5 aromatic rings. The number of nitrogens with zero attached hydrogens (tertiary/aromatic N) is 3. The van der Waals surface area contributed by atoms with Gasteiger partial charge in [-0.3, -0.25) is 19.5 Å². The van der Waals surface area contributed by atoms with Crippen molar-refractivity contribution in [2.45, 2.75) is 25.7 Å². The number of hydrogen-bond acceptors (Lipinski definition) is 8. The number of esters is 1. The van der Waals surface area contributed by atoms with Gasteiger partial charge in [-0.15, -0.1) is 0 Å². The van der Waals surface area contributed by atoms with Crippen LogP contribution in [0.2, 0.25) is 5.02 Å². The number of non-ortho nitro benzene ring substituents is 1. The lowest BCUT2D eigenvalue weighted by Crippen LogP contribution is -2.41. The number of carbonyl (C=O) groups is 1. The SMILES string of the molecule is CCOC(=O)C1=C(C(F)(F)F)N=c2s/c(=C\c3c(OCc4ccc([N+](=O)[O-])cc4)ccc4ccccc34)c(=O)n2[C@@H]1c1ccc(Cl)cc1. The Morgan fingerprint density at radius 1 is 1.06 bits per heavy atom. The van der Waals surface area contributed by atoms with Crippen molar-refractivity contribution in [3.8, 4) is 5.75 Å². The van der Waals surface area contributed by atoms with Crippen molar-refractivity contribution in [2.24, 2.45) is 4.99 Å². The highest BCUT2D eigenvalue weighted by Gasteiger charge is 2.45. The average molecular weight is 694 g/mol. The lowest BCUT2D eigenvalue weighted by molar-refractivity contribution is -0.384. The Labute approximate surface area is 278 Å². The normalized spacial score (nSPS) is 14.9. The standard InChI is InChI=1S/C34H23ClF3N3O6S/c1-2-46-32(43)28-29(21-9-12-22(35)13-10-21)40-31(42)27(48-33(40)39-30(28)34(36,37)38)17-25-24-6-4-3-5-20(24)11-16-26(25)47-18-19-7-14-23(15-8-19)41(44)45/h3-17,29H,2,18H2,1H3/b27-17-/t29-/m1/s1. The molecule has 14 heteroatoms. The second kappa shape index (κ2) is 13.1. The minimum atomic E-state index is -5.05. The summed E-state index contributed by atoms with van der Waals surface area (Å²) in [6.07, 6.45) is -3.52. The van der Waals surface area contributed by atoms with Crippen molar-refractivity contribution in [1.82, 2.24) is 4.57 Å². The van der Waals surface area contributed by atoms with Crippen molar-refractivity contribution >= 4 is 51.4 Å². The molecule has 0 unspecified atom stereocenters. The number of rotatable bonds is 8. The lowest BCUT2D eigenvalue weighted by atomic mass is 9.95. The van der Waals surface area contributed by atoms with E-state index in [-0.39, 0.29) is 33.8 Å². The van der Waals surface area contributed by atoms with Crippen LogP contribution in [-0.2, 0) is 16.1 Å². The van der Waals surface area contributed by atoms with E-state index in [9.17, 15) is 32.9 Å². The van der Waals surface area contributed by atoms with Crippen LogP contribution in [0.4, 0.5) is 18.9 Å². The number of aromatic nitrogens is 1. The molecular weight excluding hydrogens is 671 g/mol. The number of ether oxygens (including phenoxy) is 2. The summed E-state index contributed by atoms with van der Waals surface area (Å²) in [5.74, 6) is -0.894. The van der Waals surface area contributed by atoms with Crippen LogP contribution in [0, 0.1) is 10.1 Å². The minimum Gasteiger partial charge on any atom is -0.488 e. The van der Waals surface area contributed by atoms with Gasteiger partial charge in [0.05, 0.1) is 27.7 Å². The van der Waals surface area contributed by atoms with Crippen LogP contribution >= 0.6 is 22.9 Å². The zero-order chi connectivity index (χ0) is 34.2. The number of nitro benzene ring substituents is 1. The number of thiazole rings is 1. The van der Waals surface area contributed by atoms with E-state index in [1.807, 2.05) is 24.3 Å². The van der Waals surface area contributed by atoms with Crippen molar-refractivity contribution in [3.05, 3.63) is 148 Å². The summed E-state index contributed by atoms with van der Waals surface area (Å²) < 4.78 is 55.7. The first-order valence-corrected chi connectivity index (χ1v) is 15.6. The number of fused-ring (bicyclic) bond motifs is 2. The molecular formula is C34H23ClF3N3O6S. The van der Waals surface area contributed by atoms with Crippen molar-refractivity contribution in [3.63, 3.8) is 0 Å². The van der Waals surface area contributed by atoms with Crippen molar-refractivity contribution < 1.29 is 32.4 Å². The molecule has 2 heterocycles. The third kappa shape index (κ3) is 6.34. The fourth-order valence-corrected chi connectivity index (χ4v) is 6.47. The average Bonchev–Trinajstić information content (AvgIpc) is 3.38. The number of halogens is 4. The molecule has 0 amide bonds. The molecule has 244 valence electrons. The predicted molar refractivity (Wildman–Crippen MR) is 174 cm³/mol. The van der Waals surface area contributed by atoms with E-state index in [1.165, 1.54) is 49.4 Å². The summed E-state index contributed by atoms with van der Waals surface area (Å²) in [6, 6.07) is 20.9. The van der Waals surface area contributed by atoms with Gasteiger partial charge < -0.3 is 9.47 Å². The maximum atomic E-state index is 14.5. The summed E-state index contributed by atoms with van der Waals surface area (Å²) >= 11 is 6.80. The molecule has 0 saturated carbocycles. The molecule has 1 atom stereocenters. The van der Waals surface area contributed by atoms with Gasteiger partial charge in [0.2, 0.25) is 0 Å². The molecule has 4 aromatic carbocycles. The topological polar surface area (TPSA) is 113 Å². The van der Waals surface area contributed by atoms with E-state index in [1.54, 1.807) is 24.3 Å². The fourth-order valence-electron chi connectivity index (χ4n) is 5.36. The highest BCUT2D eigenvalue weighted by molar-refractivity contribution is 7.07. The molecule has 0 aliphatic carbocycles. The van der Waals surface area contributed by atoms with Gasteiger partial charge in [0.1, 0.15) is 12.4 Å². The number of nitro groups is 1. The number of hydrogen-bond donors (Lipinski definition) is 0. The molecule has 1 aromatic heterocycles. The third-order valence-corrected chi connectivity index (χ3v) is 8.76. The van der Waals surface area contributed by atoms with Crippen LogP contribution in [0.25, 0.3) is 16.8 Å². The Balaban J connectivity index is 1.54. The van der Waals surface area contributed by atoms with Gasteiger partial charge in [0.25, 0.3) is 11.2 Å². The maximum Gasteiger partial charge on any atom is 0.434 e. The maximum absolute atomic E-state index is 14.5. The Kier molecular flexibility index (Phi) is 8.91. The van der Waals surface area contributed by atoms with Crippen LogP contribution in [0.1, 0.15) is 29.7 Å². The molecule has 0 fully saturated rings. The zero-order valence-electron chi connectivity index (χ0n) is 24.9. The van der Waals surface area contributed by atoms with Crippen LogP contribution < -0.4 is 19.6 Å². The zero-order valence-corrected chi connectivity index (χ0v) is 26.4. The van der Waals surface area contributed by atoms with Crippen LogP contribution in [0.15, 0.2) is 106 Å². The number of carbonyl (C=O) groups excluding carboxylic acids is 1. The van der Waals surface area contributed by atoms with E-state index in [0.29, 0.717) is 27.3 Å². The minimum absolute atomic E-state index is 0.0346. The molecule has 0 radical (unpaired) electrons. The van der Waals surface area contributed by atoms with Gasteiger partial charge in [0, 0.05) is 22.7 Å². The summed E-state index contributed by atoms with van der Waals surface area (Å²) in [7, 11) is 0. The third-order valence-electron chi connectivity index (χ3n) is 7.53. The molecule has 9 nitrogen and oxygen atoms in total. The molecule has 6 rings (SSSR count). The van der Waals surface area contributed by atoms with Gasteiger partial charge in [-0.1, -0.05) is 65.4 Å². The first-order chi connectivity index (χ1) is 23.0. The number of allylic oxidation sites excluding steroid dienone is 1. The summed E-state index contributed by atoms with van der Waals surface area (Å²) in [5.41, 5.74) is -1.71. The summed E-state index contributed by atoms with van der Waals surface area (Å²) in [4.78, 5) is 41.4. The highest BCUT2D eigenvalue weighted by Crippen LogP contribution is 2.38. The molecule has 0 saturated heterocycles. The largest absolute Gasteiger partial charge is 0.488 e. The second-order valence-corrected chi connectivity index (χ2v) is 12.0. The van der Waals surface area contributed by atoms with Gasteiger partial charge in [-0.05, 0) is 65.2 Å². The van der Waals surface area contributed by atoms with Gasteiger partial charge in [0.15, 0.2) is 10.5 Å². The Morgan fingerprint density at radius 3 is 2.44 bits per heavy atom. The monoisotopic (exact) mass is 693 g/mol. The number of alkyl halides is 3. The molecule has 1 aliphatic heterocycles. The van der Waals surface area contributed by atoms with Crippen LogP contribution in [0.3, 0.4) is 0 Å². The van der Waals surface area contributed by atoms with E-state index in [0.717, 1.165) is 21.3 Å². The molecule has 0 N–H and O–H groups in total. The molecule has 1 aliphatic rings. The van der Waals surface area contributed by atoms with E-state index in [2.05, 4.69) is 4.99 Å². The van der Waals surface area contributed by atoms with Crippen LogP contribution in [-0.4, -0.2) is 28.2 Å². The molecule has 48 heavy (non-hydrogen) atoms. The van der Waals surface area contributed by atoms with Crippen molar-refractivity contribution in [1.29, 1.82) is 0 Å². The Bertz CT molecular complexity index is 2280. The summed E-state index contributed by atoms with van der Waals surface area (Å²) in [6.45, 7) is 1.30. The Hall–Kier alpha value is -5.27. The molecule has 0 bridgehead atoms. The van der Waals surface area contributed by atoms with E-state index >= 15 is 0 Å². The highest BCUT2D eigenvalue weighted by atomic mass is 35.5. The lowest BCUT2D eigenvalue weighted by Gasteiger charge is -2.26. The van der Waals surface area contributed by atoms with Gasteiger partial charge >= 0.3 is 12.1 Å². The van der Waals surface area contributed by atoms with E-state index < -0.39 is 39.9 Å². The summed E-state index contributed by atoms with van der Waals surface area (Å²) in [5, 5.41) is 12.9. The first-order valence-electron chi connectivity index (χ1n) is 14.4. The van der Waals surface area contributed by atoms with Crippen LogP contribution in [0.5, 0.6) is 5.75 Å². The fraction of sp³-hybridized carbons (Fsp3) is 0.147. The quantitative estimate of drug-likeness (QED) is 0.102.